The number of benzene rings is 1. The molecule has 0 spiro atoms. The van der Waals surface area contributed by atoms with E-state index in [0.29, 0.717) is 23.5 Å². The summed E-state index contributed by atoms with van der Waals surface area (Å²) < 4.78 is 15.3. The molecule has 0 N–H and O–H groups in total. The van der Waals surface area contributed by atoms with Crippen LogP contribution in [0, 0.1) is 5.92 Å². The molecule has 5 heteroatoms. The lowest BCUT2D eigenvalue weighted by Crippen LogP contribution is -2.23. The second-order valence-corrected chi connectivity index (χ2v) is 4.24. The molecule has 1 unspecified atom stereocenters. The van der Waals surface area contributed by atoms with Crippen molar-refractivity contribution >= 4 is 11.8 Å². The van der Waals surface area contributed by atoms with Crippen LogP contribution in [0.2, 0.25) is 0 Å². The molecule has 1 aromatic carbocycles. The summed E-state index contributed by atoms with van der Waals surface area (Å²) in [5.41, 5.74) is 1.30. The van der Waals surface area contributed by atoms with Crippen molar-refractivity contribution in [2.75, 3.05) is 20.8 Å². The minimum Gasteiger partial charge on any atom is -0.493 e. The van der Waals surface area contributed by atoms with E-state index in [1.54, 1.807) is 19.1 Å². The van der Waals surface area contributed by atoms with Crippen LogP contribution in [0.25, 0.3) is 0 Å². The van der Waals surface area contributed by atoms with Gasteiger partial charge in [0.1, 0.15) is 5.92 Å². The van der Waals surface area contributed by atoms with Crippen molar-refractivity contribution in [3.8, 4) is 11.5 Å². The molecule has 0 aromatic heterocycles. The van der Waals surface area contributed by atoms with Gasteiger partial charge in [-0.05, 0) is 31.0 Å². The lowest BCUT2D eigenvalue weighted by molar-refractivity contribution is -0.145. The normalized spacial score (nSPS) is 17.0. The first kappa shape index (κ1) is 13.4. The van der Waals surface area contributed by atoms with Gasteiger partial charge in [-0.15, -0.1) is 0 Å². The molecule has 1 aromatic rings. The van der Waals surface area contributed by atoms with Crippen molar-refractivity contribution in [3.05, 3.63) is 23.3 Å². The number of hydrogen-bond donors (Lipinski definition) is 0. The van der Waals surface area contributed by atoms with Crippen LogP contribution in [-0.2, 0) is 16.0 Å². The van der Waals surface area contributed by atoms with E-state index in [-0.39, 0.29) is 12.4 Å². The Morgan fingerprint density at radius 2 is 1.89 bits per heavy atom. The number of carbonyl (C=O) groups is 2. The number of methoxy groups -OCH3 is 2. The Balaban J connectivity index is 2.35. The predicted molar refractivity (Wildman–Crippen MR) is 67.7 cm³/mol. The molecule has 0 heterocycles. The first-order chi connectivity index (χ1) is 9.12. The second-order valence-electron chi connectivity index (χ2n) is 4.24. The highest BCUT2D eigenvalue weighted by Crippen LogP contribution is 2.36. The second kappa shape index (κ2) is 5.30. The van der Waals surface area contributed by atoms with Crippen LogP contribution in [0.15, 0.2) is 12.1 Å². The zero-order valence-corrected chi connectivity index (χ0v) is 11.2. The third-order valence-electron chi connectivity index (χ3n) is 3.19. The highest BCUT2D eigenvalue weighted by atomic mass is 16.5. The molecule has 0 bridgehead atoms. The molecular weight excluding hydrogens is 248 g/mol. The fourth-order valence-electron chi connectivity index (χ4n) is 2.25. The molecule has 0 saturated carbocycles. The van der Waals surface area contributed by atoms with E-state index < -0.39 is 11.9 Å². The summed E-state index contributed by atoms with van der Waals surface area (Å²) in [6.45, 7) is 1.99. The van der Waals surface area contributed by atoms with Gasteiger partial charge in [-0.3, -0.25) is 9.59 Å². The number of hydrogen-bond acceptors (Lipinski definition) is 5. The van der Waals surface area contributed by atoms with Gasteiger partial charge in [-0.2, -0.15) is 0 Å². The smallest absolute Gasteiger partial charge is 0.317 e. The van der Waals surface area contributed by atoms with Gasteiger partial charge in [-0.1, -0.05) is 0 Å². The van der Waals surface area contributed by atoms with E-state index in [1.807, 2.05) is 0 Å². The van der Waals surface area contributed by atoms with Crippen molar-refractivity contribution in [2.24, 2.45) is 5.92 Å². The van der Waals surface area contributed by atoms with Crippen molar-refractivity contribution < 1.29 is 23.8 Å². The fraction of sp³-hybridized carbons (Fsp3) is 0.429. The topological polar surface area (TPSA) is 61.8 Å². The number of fused-ring (bicyclic) bond motifs is 1. The van der Waals surface area contributed by atoms with Gasteiger partial charge < -0.3 is 14.2 Å². The number of ketones is 1. The zero-order valence-electron chi connectivity index (χ0n) is 11.2. The quantitative estimate of drug-likeness (QED) is 0.611. The number of Topliss-reactive ketones (excluding diaryl/α,β-unsaturated/α-hetero) is 1. The summed E-state index contributed by atoms with van der Waals surface area (Å²) in [6.07, 6.45) is 0.355. The molecule has 0 amide bonds. The van der Waals surface area contributed by atoms with Crippen LogP contribution < -0.4 is 9.47 Å². The molecule has 0 radical (unpaired) electrons. The SMILES string of the molecule is CCOC(=O)C1Cc2cc(OC)c(OC)cc2C1=O. The third kappa shape index (κ3) is 2.28. The lowest BCUT2D eigenvalue weighted by Gasteiger charge is -2.09. The van der Waals surface area contributed by atoms with Crippen LogP contribution in [0.4, 0.5) is 0 Å². The molecule has 19 heavy (non-hydrogen) atoms. The van der Waals surface area contributed by atoms with Gasteiger partial charge in [0.05, 0.1) is 20.8 Å². The molecule has 2 rings (SSSR count). The van der Waals surface area contributed by atoms with E-state index in [4.69, 9.17) is 14.2 Å². The van der Waals surface area contributed by atoms with Gasteiger partial charge in [0.2, 0.25) is 0 Å². The summed E-state index contributed by atoms with van der Waals surface area (Å²) >= 11 is 0. The summed E-state index contributed by atoms with van der Waals surface area (Å²) in [5.74, 6) is -0.388. The highest BCUT2D eigenvalue weighted by molar-refractivity contribution is 6.12. The van der Waals surface area contributed by atoms with E-state index >= 15 is 0 Å². The average Bonchev–Trinajstić information content (AvgIpc) is 2.74. The molecule has 102 valence electrons. The maximum Gasteiger partial charge on any atom is 0.317 e. The Morgan fingerprint density at radius 3 is 2.47 bits per heavy atom. The molecule has 1 atom stereocenters. The van der Waals surface area contributed by atoms with E-state index in [2.05, 4.69) is 0 Å². The minimum atomic E-state index is -0.744. The van der Waals surface area contributed by atoms with Crippen LogP contribution in [0.5, 0.6) is 11.5 Å². The van der Waals surface area contributed by atoms with Crippen molar-refractivity contribution in [1.82, 2.24) is 0 Å². The zero-order chi connectivity index (χ0) is 14.0. The van der Waals surface area contributed by atoms with Gasteiger partial charge >= 0.3 is 5.97 Å². The third-order valence-corrected chi connectivity index (χ3v) is 3.19. The molecule has 0 aliphatic heterocycles. The van der Waals surface area contributed by atoms with Crippen LogP contribution in [0.3, 0.4) is 0 Å². The summed E-state index contributed by atoms with van der Waals surface area (Å²) in [5, 5.41) is 0. The summed E-state index contributed by atoms with van der Waals surface area (Å²) in [6, 6.07) is 3.36. The Hall–Kier alpha value is -2.04. The largest absolute Gasteiger partial charge is 0.493 e. The molecular formula is C14H16O5. The van der Waals surface area contributed by atoms with Crippen LogP contribution >= 0.6 is 0 Å². The number of esters is 1. The minimum absolute atomic E-state index is 0.214. The van der Waals surface area contributed by atoms with E-state index in [9.17, 15) is 9.59 Å². The maximum absolute atomic E-state index is 12.2. The number of ether oxygens (including phenoxy) is 3. The highest BCUT2D eigenvalue weighted by Gasteiger charge is 2.37. The number of carbonyl (C=O) groups excluding carboxylic acids is 2. The predicted octanol–water partition coefficient (Wildman–Crippen LogP) is 1.62. The standard InChI is InChI=1S/C14H16O5/c1-4-19-14(16)10-5-8-6-11(17-2)12(18-3)7-9(8)13(10)15/h6-7,10H,4-5H2,1-3H3. The van der Waals surface area contributed by atoms with Gasteiger partial charge in [-0.25, -0.2) is 0 Å². The molecule has 1 aliphatic carbocycles. The van der Waals surface area contributed by atoms with Gasteiger partial charge in [0.15, 0.2) is 17.3 Å². The molecule has 5 nitrogen and oxygen atoms in total. The number of rotatable bonds is 4. The fourth-order valence-corrected chi connectivity index (χ4v) is 2.25. The summed E-state index contributed by atoms with van der Waals surface area (Å²) in [7, 11) is 3.04. The van der Waals surface area contributed by atoms with Crippen molar-refractivity contribution in [3.63, 3.8) is 0 Å². The Kier molecular flexibility index (Phi) is 3.74. The van der Waals surface area contributed by atoms with Crippen molar-refractivity contribution in [1.29, 1.82) is 0 Å². The van der Waals surface area contributed by atoms with Gasteiger partial charge in [0, 0.05) is 5.56 Å². The first-order valence-electron chi connectivity index (χ1n) is 6.08. The molecule has 0 saturated heterocycles. The van der Waals surface area contributed by atoms with E-state index in [0.717, 1.165) is 5.56 Å². The van der Waals surface area contributed by atoms with E-state index in [1.165, 1.54) is 14.2 Å². The van der Waals surface area contributed by atoms with Crippen molar-refractivity contribution in [2.45, 2.75) is 13.3 Å². The first-order valence-corrected chi connectivity index (χ1v) is 6.08. The molecule has 0 fully saturated rings. The Labute approximate surface area is 111 Å². The average molecular weight is 264 g/mol. The molecule has 1 aliphatic rings. The van der Waals surface area contributed by atoms with Crippen LogP contribution in [0.1, 0.15) is 22.8 Å². The lowest BCUT2D eigenvalue weighted by atomic mass is 10.1. The van der Waals surface area contributed by atoms with Gasteiger partial charge in [0.25, 0.3) is 0 Å². The van der Waals surface area contributed by atoms with Crippen LogP contribution in [-0.4, -0.2) is 32.6 Å². The Morgan fingerprint density at radius 1 is 1.26 bits per heavy atom. The summed E-state index contributed by atoms with van der Waals surface area (Å²) in [4.78, 5) is 23.9. The maximum atomic E-state index is 12.2. The monoisotopic (exact) mass is 264 g/mol. The Bertz CT molecular complexity index is 521.